The van der Waals surface area contributed by atoms with Crippen molar-refractivity contribution in [2.45, 2.75) is 38.9 Å². The van der Waals surface area contributed by atoms with Crippen LogP contribution < -0.4 is 15.6 Å². The number of hydrogen-bond donors (Lipinski definition) is 2. The lowest BCUT2D eigenvalue weighted by atomic mass is 10.1. The molecule has 2 aromatic rings. The van der Waals surface area contributed by atoms with Gasteiger partial charge in [0.1, 0.15) is 0 Å². The van der Waals surface area contributed by atoms with Crippen LogP contribution in [0.4, 0.5) is 5.69 Å². The molecule has 3 atom stereocenters. The molecule has 0 aromatic heterocycles. The van der Waals surface area contributed by atoms with Crippen molar-refractivity contribution in [3.05, 3.63) is 72.3 Å². The maximum absolute atomic E-state index is 4.60. The molecule has 0 saturated carbocycles. The molecule has 6 heteroatoms. The SMILES string of the molecule is C=Cc1ccc(CN(c2ccccc2)S(=C)CCCN2CC(C)N(C)C(C)C2)cc1.CNN. The van der Waals surface area contributed by atoms with E-state index in [4.69, 9.17) is 0 Å². The topological polar surface area (TPSA) is 47.8 Å². The number of nitrogens with one attached hydrogen (secondary N) is 1. The van der Waals surface area contributed by atoms with Crippen LogP contribution in [0.1, 0.15) is 31.4 Å². The number of benzene rings is 2. The Balaban J connectivity index is 0.00000122. The molecule has 1 heterocycles. The van der Waals surface area contributed by atoms with E-state index in [1.165, 1.54) is 30.8 Å². The molecule has 0 aliphatic carbocycles. The summed E-state index contributed by atoms with van der Waals surface area (Å²) in [5.41, 5.74) is 5.98. The minimum atomic E-state index is -0.0692. The summed E-state index contributed by atoms with van der Waals surface area (Å²) in [5.74, 6) is 10.3. The molecule has 3 unspecified atom stereocenters. The lowest BCUT2D eigenvalue weighted by Crippen LogP contribution is -2.55. The molecule has 182 valence electrons. The fraction of sp³-hybridized carbons (Fsp3) is 0.444. The summed E-state index contributed by atoms with van der Waals surface area (Å²) in [7, 11) is 3.83. The highest BCUT2D eigenvalue weighted by Gasteiger charge is 2.25. The quantitative estimate of drug-likeness (QED) is 0.323. The summed E-state index contributed by atoms with van der Waals surface area (Å²) in [5, 5.41) is 0. The summed E-state index contributed by atoms with van der Waals surface area (Å²) in [6.45, 7) is 12.9. The molecule has 1 saturated heterocycles. The maximum atomic E-state index is 4.60. The predicted molar refractivity (Wildman–Crippen MR) is 150 cm³/mol. The second-order valence-electron chi connectivity index (χ2n) is 8.75. The van der Waals surface area contributed by atoms with Crippen molar-refractivity contribution < 1.29 is 0 Å². The van der Waals surface area contributed by atoms with E-state index in [0.717, 1.165) is 24.4 Å². The van der Waals surface area contributed by atoms with Gasteiger partial charge in [0.15, 0.2) is 0 Å². The first-order chi connectivity index (χ1) is 15.9. The van der Waals surface area contributed by atoms with Gasteiger partial charge in [-0.05, 0) is 64.2 Å². The fourth-order valence-corrected chi connectivity index (χ4v) is 5.55. The molecule has 1 aliphatic heterocycles. The largest absolute Gasteiger partial charge is 0.318 e. The van der Waals surface area contributed by atoms with Gasteiger partial charge in [-0.25, -0.2) is 0 Å². The van der Waals surface area contributed by atoms with Gasteiger partial charge in [-0.15, -0.1) is 10.7 Å². The Morgan fingerprint density at radius 3 is 2.21 bits per heavy atom. The van der Waals surface area contributed by atoms with Gasteiger partial charge in [-0.2, -0.15) is 0 Å². The van der Waals surface area contributed by atoms with Gasteiger partial charge in [0.2, 0.25) is 0 Å². The number of rotatable bonds is 9. The molecule has 0 bridgehead atoms. The third-order valence-corrected chi connectivity index (χ3v) is 7.91. The average molecular weight is 470 g/mol. The summed E-state index contributed by atoms with van der Waals surface area (Å²) in [4.78, 5) is 5.13. The van der Waals surface area contributed by atoms with Crippen LogP contribution in [0, 0.1) is 0 Å². The van der Waals surface area contributed by atoms with Crippen LogP contribution in [-0.4, -0.2) is 67.2 Å². The van der Waals surface area contributed by atoms with Gasteiger partial charge < -0.3 is 9.21 Å². The van der Waals surface area contributed by atoms with E-state index in [1.807, 2.05) is 6.08 Å². The number of anilines is 1. The molecule has 0 radical (unpaired) electrons. The Hall–Kier alpha value is -1.96. The highest BCUT2D eigenvalue weighted by molar-refractivity contribution is 8.15. The Morgan fingerprint density at radius 1 is 1.09 bits per heavy atom. The van der Waals surface area contributed by atoms with Gasteiger partial charge in [0, 0.05) is 36.6 Å². The normalized spacial score (nSPS) is 19.9. The van der Waals surface area contributed by atoms with E-state index in [0.29, 0.717) is 12.1 Å². The van der Waals surface area contributed by atoms with Gasteiger partial charge in [0.25, 0.3) is 0 Å². The number of para-hydroxylation sites is 1. The molecule has 5 nitrogen and oxygen atoms in total. The van der Waals surface area contributed by atoms with E-state index in [-0.39, 0.29) is 10.7 Å². The van der Waals surface area contributed by atoms with Crippen molar-refractivity contribution >= 4 is 28.3 Å². The van der Waals surface area contributed by atoms with Gasteiger partial charge in [-0.1, -0.05) is 61.0 Å². The molecule has 3 N–H and O–H groups in total. The summed E-state index contributed by atoms with van der Waals surface area (Å²) < 4.78 is 2.47. The van der Waals surface area contributed by atoms with E-state index in [1.54, 1.807) is 7.05 Å². The van der Waals surface area contributed by atoms with Gasteiger partial charge >= 0.3 is 0 Å². The third kappa shape index (κ3) is 8.72. The van der Waals surface area contributed by atoms with E-state index in [2.05, 4.69) is 113 Å². The highest BCUT2D eigenvalue weighted by atomic mass is 32.2. The summed E-state index contributed by atoms with van der Waals surface area (Å²) in [6, 6.07) is 20.7. The maximum Gasteiger partial charge on any atom is 0.0540 e. The Labute approximate surface area is 204 Å². The van der Waals surface area contributed by atoms with Crippen molar-refractivity contribution in [1.29, 1.82) is 0 Å². The van der Waals surface area contributed by atoms with Crippen LogP contribution in [0.3, 0.4) is 0 Å². The van der Waals surface area contributed by atoms with Crippen molar-refractivity contribution in [2.75, 3.05) is 43.8 Å². The second kappa shape index (κ2) is 14.3. The zero-order valence-corrected chi connectivity index (χ0v) is 21.7. The molecule has 1 aliphatic rings. The fourth-order valence-electron chi connectivity index (χ4n) is 4.11. The minimum absolute atomic E-state index is 0.0692. The minimum Gasteiger partial charge on any atom is -0.318 e. The number of nitrogens with two attached hydrogens (primary N) is 1. The van der Waals surface area contributed by atoms with Crippen molar-refractivity contribution in [2.24, 2.45) is 5.84 Å². The van der Waals surface area contributed by atoms with E-state index < -0.39 is 0 Å². The molecular weight excluding hydrogens is 426 g/mol. The number of piperazine rings is 1. The first-order valence-electron chi connectivity index (χ1n) is 11.8. The first-order valence-corrected chi connectivity index (χ1v) is 13.3. The smallest absolute Gasteiger partial charge is 0.0540 e. The molecule has 0 spiro atoms. The standard InChI is InChI=1S/C26H37N3S.CH6N2/c1-6-24-13-15-25(16-14-24)21-29(26-11-8-7-9-12-26)30(5)18-10-17-28-19-22(2)27(4)23(3)20-28;1-3-2/h6-9,11-16,22-23H,1,5,10,17-21H2,2-4H3;3H,2H2,1H3. The van der Waals surface area contributed by atoms with Gasteiger partial charge in [0.05, 0.1) is 6.54 Å². The first kappa shape index (κ1) is 27.3. The number of likely N-dealkylation sites (N-methyl/N-ethyl adjacent to an activating group) is 1. The Bertz CT molecular complexity index is 827. The van der Waals surface area contributed by atoms with Crippen LogP contribution in [0.25, 0.3) is 6.08 Å². The molecular formula is C27H43N5S. The summed E-state index contributed by atoms with van der Waals surface area (Å²) in [6.07, 6.45) is 3.08. The zero-order chi connectivity index (χ0) is 24.2. The third-order valence-electron chi connectivity index (χ3n) is 6.19. The summed E-state index contributed by atoms with van der Waals surface area (Å²) >= 11 is 0. The number of hydrogen-bond acceptors (Lipinski definition) is 5. The predicted octanol–water partition coefficient (Wildman–Crippen LogP) is 4.45. The van der Waals surface area contributed by atoms with Crippen molar-refractivity contribution in [3.8, 4) is 0 Å². The lowest BCUT2D eigenvalue weighted by molar-refractivity contribution is 0.0604. The molecule has 0 amide bonds. The van der Waals surface area contributed by atoms with Crippen LogP contribution in [0.15, 0.2) is 61.2 Å². The highest BCUT2D eigenvalue weighted by Crippen LogP contribution is 2.30. The van der Waals surface area contributed by atoms with Crippen LogP contribution >= 0.6 is 10.7 Å². The van der Waals surface area contributed by atoms with Crippen molar-refractivity contribution in [3.63, 3.8) is 0 Å². The van der Waals surface area contributed by atoms with E-state index in [9.17, 15) is 0 Å². The lowest BCUT2D eigenvalue weighted by Gasteiger charge is -2.42. The van der Waals surface area contributed by atoms with Gasteiger partial charge in [-0.3, -0.25) is 16.2 Å². The molecule has 2 aromatic carbocycles. The molecule has 1 fully saturated rings. The van der Waals surface area contributed by atoms with Crippen LogP contribution in [0.2, 0.25) is 0 Å². The Kier molecular flexibility index (Phi) is 11.9. The van der Waals surface area contributed by atoms with E-state index >= 15 is 0 Å². The molecule has 3 rings (SSSR count). The van der Waals surface area contributed by atoms with Crippen LogP contribution in [-0.2, 0) is 6.54 Å². The van der Waals surface area contributed by atoms with Crippen LogP contribution in [0.5, 0.6) is 0 Å². The van der Waals surface area contributed by atoms with Crippen molar-refractivity contribution in [1.82, 2.24) is 15.2 Å². The number of hydrazine groups is 1. The number of nitrogens with zero attached hydrogens (tertiary/aromatic N) is 3. The zero-order valence-electron chi connectivity index (χ0n) is 20.9. The monoisotopic (exact) mass is 469 g/mol. The second-order valence-corrected chi connectivity index (χ2v) is 10.5. The average Bonchev–Trinajstić information content (AvgIpc) is 2.82. The Morgan fingerprint density at radius 2 is 1.67 bits per heavy atom. The molecule has 33 heavy (non-hydrogen) atoms.